The largest absolute Gasteiger partial charge is 0.491 e. The molecule has 5 heteroatoms. The van der Waals surface area contributed by atoms with Crippen molar-refractivity contribution in [2.45, 2.75) is 6.54 Å². The molecule has 0 fully saturated rings. The maximum absolute atomic E-state index is 12.6. The SMILES string of the molecule is Nc1cc(Br)ccc1CN1CCOc2ccccc2C1=O. The fourth-order valence-corrected chi connectivity index (χ4v) is 2.75. The fraction of sp³-hybridized carbons (Fsp3) is 0.188. The molecule has 1 amide bonds. The van der Waals surface area contributed by atoms with Crippen LogP contribution in [0.4, 0.5) is 5.69 Å². The summed E-state index contributed by atoms with van der Waals surface area (Å²) in [6.07, 6.45) is 0. The predicted octanol–water partition coefficient (Wildman–Crippen LogP) is 3.07. The molecule has 0 aromatic heterocycles. The van der Waals surface area contributed by atoms with E-state index in [0.29, 0.717) is 36.7 Å². The maximum atomic E-state index is 12.6. The van der Waals surface area contributed by atoms with Gasteiger partial charge in [0.05, 0.1) is 12.1 Å². The number of nitrogens with zero attached hydrogens (tertiary/aromatic N) is 1. The van der Waals surface area contributed by atoms with E-state index in [1.807, 2.05) is 36.4 Å². The lowest BCUT2D eigenvalue weighted by Crippen LogP contribution is -2.32. The summed E-state index contributed by atoms with van der Waals surface area (Å²) in [5.74, 6) is 0.624. The van der Waals surface area contributed by atoms with E-state index >= 15 is 0 Å². The molecule has 0 bridgehead atoms. The molecule has 0 unspecified atom stereocenters. The van der Waals surface area contributed by atoms with Crippen molar-refractivity contribution in [3.05, 3.63) is 58.1 Å². The number of carbonyl (C=O) groups is 1. The van der Waals surface area contributed by atoms with Crippen LogP contribution in [0.1, 0.15) is 15.9 Å². The minimum absolute atomic E-state index is 0.0228. The highest BCUT2D eigenvalue weighted by molar-refractivity contribution is 9.10. The zero-order valence-corrected chi connectivity index (χ0v) is 13.0. The van der Waals surface area contributed by atoms with Crippen molar-refractivity contribution < 1.29 is 9.53 Å². The van der Waals surface area contributed by atoms with E-state index in [0.717, 1.165) is 10.0 Å². The molecule has 0 saturated heterocycles. The van der Waals surface area contributed by atoms with Gasteiger partial charge in [0.2, 0.25) is 0 Å². The predicted molar refractivity (Wildman–Crippen MR) is 85.2 cm³/mol. The number of nitrogen functional groups attached to an aromatic ring is 1. The second-order valence-corrected chi connectivity index (χ2v) is 5.83. The highest BCUT2D eigenvalue weighted by Gasteiger charge is 2.23. The van der Waals surface area contributed by atoms with Gasteiger partial charge in [0.1, 0.15) is 12.4 Å². The summed E-state index contributed by atoms with van der Waals surface area (Å²) in [6.45, 7) is 1.51. The monoisotopic (exact) mass is 346 g/mol. The Bertz CT molecular complexity index is 688. The number of para-hydroxylation sites is 1. The summed E-state index contributed by atoms with van der Waals surface area (Å²) in [6, 6.07) is 13.0. The normalized spacial score (nSPS) is 14.3. The third-order valence-corrected chi connectivity index (χ3v) is 3.99. The molecular weight excluding hydrogens is 332 g/mol. The summed E-state index contributed by atoms with van der Waals surface area (Å²) < 4.78 is 6.57. The molecule has 2 aromatic rings. The molecule has 2 aromatic carbocycles. The number of benzene rings is 2. The van der Waals surface area contributed by atoms with Gasteiger partial charge >= 0.3 is 0 Å². The van der Waals surface area contributed by atoms with Gasteiger partial charge in [-0.1, -0.05) is 34.1 Å². The van der Waals surface area contributed by atoms with Crippen LogP contribution >= 0.6 is 15.9 Å². The molecule has 108 valence electrons. The van der Waals surface area contributed by atoms with Gasteiger partial charge in [0.25, 0.3) is 5.91 Å². The van der Waals surface area contributed by atoms with Gasteiger partial charge in [-0.05, 0) is 29.8 Å². The zero-order chi connectivity index (χ0) is 14.8. The molecule has 21 heavy (non-hydrogen) atoms. The highest BCUT2D eigenvalue weighted by Crippen LogP contribution is 2.25. The highest BCUT2D eigenvalue weighted by atomic mass is 79.9. The first-order valence-corrected chi connectivity index (χ1v) is 7.49. The first-order chi connectivity index (χ1) is 10.1. The van der Waals surface area contributed by atoms with Gasteiger partial charge in [-0.15, -0.1) is 0 Å². The molecule has 0 aliphatic carbocycles. The van der Waals surface area contributed by atoms with Crippen LogP contribution in [-0.4, -0.2) is 24.0 Å². The molecule has 0 saturated carbocycles. The van der Waals surface area contributed by atoms with E-state index in [2.05, 4.69) is 15.9 Å². The molecule has 0 atom stereocenters. The van der Waals surface area contributed by atoms with Crippen LogP contribution in [0, 0.1) is 0 Å². The van der Waals surface area contributed by atoms with Gasteiger partial charge < -0.3 is 15.4 Å². The number of anilines is 1. The van der Waals surface area contributed by atoms with Crippen LogP contribution in [-0.2, 0) is 6.54 Å². The average Bonchev–Trinajstić information content (AvgIpc) is 2.63. The van der Waals surface area contributed by atoms with Crippen LogP contribution < -0.4 is 10.5 Å². The minimum Gasteiger partial charge on any atom is -0.491 e. The van der Waals surface area contributed by atoms with E-state index in [1.165, 1.54) is 0 Å². The average molecular weight is 347 g/mol. The Hall–Kier alpha value is -2.01. The molecule has 1 aliphatic heterocycles. The number of fused-ring (bicyclic) bond motifs is 1. The van der Waals surface area contributed by atoms with Gasteiger partial charge in [-0.25, -0.2) is 0 Å². The lowest BCUT2D eigenvalue weighted by molar-refractivity contribution is 0.0743. The van der Waals surface area contributed by atoms with E-state index in [9.17, 15) is 4.79 Å². The third kappa shape index (κ3) is 2.88. The third-order valence-electron chi connectivity index (χ3n) is 3.49. The summed E-state index contributed by atoms with van der Waals surface area (Å²) >= 11 is 3.39. The van der Waals surface area contributed by atoms with Crippen molar-refractivity contribution >= 4 is 27.5 Å². The van der Waals surface area contributed by atoms with Crippen LogP contribution in [0.5, 0.6) is 5.75 Å². The van der Waals surface area contributed by atoms with Crippen LogP contribution in [0.3, 0.4) is 0 Å². The fourth-order valence-electron chi connectivity index (χ4n) is 2.37. The summed E-state index contributed by atoms with van der Waals surface area (Å²) in [7, 11) is 0. The number of nitrogens with two attached hydrogens (primary N) is 1. The van der Waals surface area contributed by atoms with Gasteiger partial charge in [-0.3, -0.25) is 4.79 Å². The van der Waals surface area contributed by atoms with E-state index < -0.39 is 0 Å². The zero-order valence-electron chi connectivity index (χ0n) is 11.4. The Balaban J connectivity index is 1.87. The van der Waals surface area contributed by atoms with Gasteiger partial charge in [-0.2, -0.15) is 0 Å². The summed E-state index contributed by atoms with van der Waals surface area (Å²) in [5, 5.41) is 0. The molecule has 1 heterocycles. The maximum Gasteiger partial charge on any atom is 0.258 e. The second-order valence-electron chi connectivity index (χ2n) is 4.91. The van der Waals surface area contributed by atoms with Crippen molar-refractivity contribution in [3.63, 3.8) is 0 Å². The van der Waals surface area contributed by atoms with Crippen LogP contribution in [0.25, 0.3) is 0 Å². The van der Waals surface area contributed by atoms with Crippen LogP contribution in [0.2, 0.25) is 0 Å². The molecule has 0 spiro atoms. The molecule has 3 rings (SSSR count). The van der Waals surface area contributed by atoms with E-state index in [1.54, 1.807) is 11.0 Å². The lowest BCUT2D eigenvalue weighted by atomic mass is 10.1. The van der Waals surface area contributed by atoms with Crippen LogP contribution in [0.15, 0.2) is 46.9 Å². The summed E-state index contributed by atoms with van der Waals surface area (Å²) in [4.78, 5) is 14.4. The molecule has 4 nitrogen and oxygen atoms in total. The Kier molecular flexibility index (Phi) is 3.84. The first-order valence-electron chi connectivity index (χ1n) is 6.70. The van der Waals surface area contributed by atoms with Crippen molar-refractivity contribution in [2.75, 3.05) is 18.9 Å². The number of hydrogen-bond donors (Lipinski definition) is 1. The molecular formula is C16H15BrN2O2. The number of amides is 1. The smallest absolute Gasteiger partial charge is 0.258 e. The number of hydrogen-bond acceptors (Lipinski definition) is 3. The van der Waals surface area contributed by atoms with E-state index in [4.69, 9.17) is 10.5 Å². The minimum atomic E-state index is -0.0228. The second kappa shape index (κ2) is 5.77. The Morgan fingerprint density at radius 3 is 2.86 bits per heavy atom. The van der Waals surface area contributed by atoms with Crippen molar-refractivity contribution in [2.24, 2.45) is 0 Å². The van der Waals surface area contributed by atoms with Crippen molar-refractivity contribution in [1.29, 1.82) is 0 Å². The first kappa shape index (κ1) is 13.9. The topological polar surface area (TPSA) is 55.6 Å². The van der Waals surface area contributed by atoms with E-state index in [-0.39, 0.29) is 5.91 Å². The van der Waals surface area contributed by atoms with Crippen molar-refractivity contribution in [3.8, 4) is 5.75 Å². The van der Waals surface area contributed by atoms with Crippen molar-refractivity contribution in [1.82, 2.24) is 4.90 Å². The molecule has 0 radical (unpaired) electrons. The standard InChI is InChI=1S/C16H15BrN2O2/c17-12-6-5-11(14(18)9-12)10-19-7-8-21-15-4-2-1-3-13(15)16(19)20/h1-6,9H,7-8,10,18H2. The Labute approximate surface area is 131 Å². The number of rotatable bonds is 2. The number of halogens is 1. The lowest BCUT2D eigenvalue weighted by Gasteiger charge is -2.21. The number of ether oxygens (including phenoxy) is 1. The number of carbonyl (C=O) groups excluding carboxylic acids is 1. The Morgan fingerprint density at radius 2 is 2.05 bits per heavy atom. The van der Waals surface area contributed by atoms with Gasteiger partial charge in [0, 0.05) is 16.7 Å². The van der Waals surface area contributed by atoms with Gasteiger partial charge in [0.15, 0.2) is 0 Å². The molecule has 2 N–H and O–H groups in total. The summed E-state index contributed by atoms with van der Waals surface area (Å²) in [5.41, 5.74) is 8.23. The Morgan fingerprint density at radius 1 is 1.24 bits per heavy atom. The quantitative estimate of drug-likeness (QED) is 0.850. The molecule has 1 aliphatic rings.